The van der Waals surface area contributed by atoms with Gasteiger partial charge in [0, 0.05) is 30.4 Å². The maximum absolute atomic E-state index is 12.4. The van der Waals surface area contributed by atoms with E-state index in [9.17, 15) is 4.79 Å². The molecule has 1 aromatic heterocycles. The quantitative estimate of drug-likeness (QED) is 0.620. The summed E-state index contributed by atoms with van der Waals surface area (Å²) in [4.78, 5) is 22.3. The zero-order valence-electron chi connectivity index (χ0n) is 17.2. The van der Waals surface area contributed by atoms with Gasteiger partial charge < -0.3 is 15.6 Å². The first-order valence-corrected chi connectivity index (χ1v) is 9.45. The molecule has 156 valence electrons. The van der Waals surface area contributed by atoms with Crippen molar-refractivity contribution in [2.45, 2.75) is 26.2 Å². The lowest BCUT2D eigenvalue weighted by Crippen LogP contribution is -2.29. The predicted molar refractivity (Wildman–Crippen MR) is 114 cm³/mol. The second kappa shape index (κ2) is 7.47. The third-order valence-electron chi connectivity index (χ3n) is 4.51. The summed E-state index contributed by atoms with van der Waals surface area (Å²) in [6.07, 6.45) is 5.05. The summed E-state index contributed by atoms with van der Waals surface area (Å²) >= 11 is 0. The summed E-state index contributed by atoms with van der Waals surface area (Å²) in [6.45, 7) is 6.23. The van der Waals surface area contributed by atoms with Crippen molar-refractivity contribution in [2.75, 3.05) is 10.6 Å². The fourth-order valence-electron chi connectivity index (χ4n) is 2.85. The molecule has 2 aliphatic rings. The number of nitrogens with one attached hydrogen (secondary N) is 4. The van der Waals surface area contributed by atoms with Crippen molar-refractivity contribution < 1.29 is 9.63 Å². The molecule has 4 rings (SSSR count). The van der Waals surface area contributed by atoms with E-state index in [1.54, 1.807) is 59.8 Å². The van der Waals surface area contributed by atoms with Gasteiger partial charge in [0.05, 0.1) is 11.9 Å². The van der Waals surface area contributed by atoms with Gasteiger partial charge in [0.2, 0.25) is 0 Å². The van der Waals surface area contributed by atoms with Gasteiger partial charge in [-0.3, -0.25) is 15.4 Å². The molecular weight excluding hydrogens is 384 g/mol. The average molecular weight is 408 g/mol. The Balaban J connectivity index is 1.36. The van der Waals surface area contributed by atoms with Crippen molar-refractivity contribution in [1.82, 2.24) is 25.7 Å². The number of hydrogen-bond acceptors (Lipinski definition) is 7. The molecule has 0 spiro atoms. The summed E-state index contributed by atoms with van der Waals surface area (Å²) in [5.74, 6) is 1.22. The fourth-order valence-corrected chi connectivity index (χ4v) is 2.85. The number of nitrogens with zero attached hydrogens (tertiary/aromatic N) is 4. The monoisotopic (exact) mass is 408 g/mol. The minimum Gasteiger partial charge on any atom is -0.374 e. The van der Waals surface area contributed by atoms with E-state index < -0.39 is 0 Å². The van der Waals surface area contributed by atoms with Crippen LogP contribution in [0.3, 0.4) is 0 Å². The zero-order chi connectivity index (χ0) is 21.3. The molecule has 2 aromatic rings. The third kappa shape index (κ3) is 4.07. The highest BCUT2D eigenvalue weighted by atomic mass is 16.7. The van der Waals surface area contributed by atoms with Crippen LogP contribution in [0.5, 0.6) is 5.75 Å². The normalized spacial score (nSPS) is 14.9. The number of aliphatic imine (C=N–C) groups is 1. The maximum atomic E-state index is 12.4. The predicted octanol–water partition coefficient (Wildman–Crippen LogP) is 2.79. The van der Waals surface area contributed by atoms with Gasteiger partial charge in [0.25, 0.3) is 0 Å². The van der Waals surface area contributed by atoms with Gasteiger partial charge in [-0.2, -0.15) is 10.2 Å². The molecular formula is C20H24N8O2. The molecule has 30 heavy (non-hydrogen) atoms. The smallest absolute Gasteiger partial charge is 0.324 e. The number of anilines is 2. The lowest BCUT2D eigenvalue weighted by Gasteiger charge is -2.22. The van der Waals surface area contributed by atoms with E-state index in [0.717, 1.165) is 17.1 Å². The Labute approximate surface area is 174 Å². The molecule has 1 aromatic carbocycles. The van der Waals surface area contributed by atoms with Crippen molar-refractivity contribution in [3.05, 3.63) is 59.8 Å². The largest absolute Gasteiger partial charge is 0.374 e. The van der Waals surface area contributed by atoms with Gasteiger partial charge in [-0.05, 0) is 24.3 Å². The first-order chi connectivity index (χ1) is 14.3. The average Bonchev–Trinajstić information content (AvgIpc) is 3.31. The number of urea groups is 1. The number of hydrogen-bond donors (Lipinski definition) is 4. The summed E-state index contributed by atoms with van der Waals surface area (Å²) in [7, 11) is 1.80. The van der Waals surface area contributed by atoms with E-state index in [1.165, 1.54) is 0 Å². The Hall–Kier alpha value is -3.95. The molecule has 2 aliphatic heterocycles. The van der Waals surface area contributed by atoms with Crippen LogP contribution in [0.2, 0.25) is 0 Å². The van der Waals surface area contributed by atoms with Crippen LogP contribution in [0.15, 0.2) is 59.1 Å². The minimum absolute atomic E-state index is 0.0969. The molecule has 0 saturated carbocycles. The van der Waals surface area contributed by atoms with Crippen LogP contribution in [-0.4, -0.2) is 27.2 Å². The molecule has 10 nitrogen and oxygen atoms in total. The van der Waals surface area contributed by atoms with Crippen LogP contribution in [-0.2, 0) is 12.5 Å². The summed E-state index contributed by atoms with van der Waals surface area (Å²) < 4.78 is 1.65. The number of benzene rings is 1. The second-order valence-electron chi connectivity index (χ2n) is 7.92. The molecule has 0 atom stereocenters. The maximum Gasteiger partial charge on any atom is 0.324 e. The first kappa shape index (κ1) is 19.4. The van der Waals surface area contributed by atoms with Gasteiger partial charge >= 0.3 is 6.03 Å². The Kier molecular flexibility index (Phi) is 4.82. The highest BCUT2D eigenvalue weighted by molar-refractivity contribution is 5.99. The SMILES string of the molecule is Cn1nc(C(C)(C)C)cc1NC(=O)Nc1ccc(ON2C=NC=C3NNC=C32)cc1. The van der Waals surface area contributed by atoms with E-state index in [0.29, 0.717) is 17.3 Å². The topological polar surface area (TPSA) is 108 Å². The van der Waals surface area contributed by atoms with Gasteiger partial charge in [-0.1, -0.05) is 20.8 Å². The van der Waals surface area contributed by atoms with Crippen molar-refractivity contribution in [3.63, 3.8) is 0 Å². The number of aryl methyl sites for hydroxylation is 1. The van der Waals surface area contributed by atoms with Crippen molar-refractivity contribution in [2.24, 2.45) is 12.0 Å². The Morgan fingerprint density at radius 1 is 1.17 bits per heavy atom. The fraction of sp³-hybridized carbons (Fsp3) is 0.250. The number of aromatic nitrogens is 2. The standard InChI is InChI=1S/C20H24N8O2/c1-20(2,3)17-9-18(27(4)26-17)24-19(29)23-13-5-7-14(8-6-13)30-28-12-21-10-15-16(28)11-22-25-15/h5-12,22,25H,1-4H3,(H2,23,24,29). The van der Waals surface area contributed by atoms with Crippen LogP contribution in [0.1, 0.15) is 26.5 Å². The van der Waals surface area contributed by atoms with Crippen LogP contribution in [0, 0.1) is 0 Å². The number of rotatable bonds is 4. The number of hydroxylamine groups is 2. The summed E-state index contributed by atoms with van der Waals surface area (Å²) in [5, 5.41) is 11.6. The van der Waals surface area contributed by atoms with E-state index in [-0.39, 0.29) is 11.4 Å². The number of hydrazine groups is 1. The molecule has 0 bridgehead atoms. The minimum atomic E-state index is -0.349. The Morgan fingerprint density at radius 3 is 2.63 bits per heavy atom. The van der Waals surface area contributed by atoms with Gasteiger partial charge in [-0.25, -0.2) is 9.79 Å². The summed E-state index contributed by atoms with van der Waals surface area (Å²) in [6, 6.07) is 8.57. The van der Waals surface area contributed by atoms with Crippen LogP contribution < -0.4 is 26.3 Å². The highest BCUT2D eigenvalue weighted by Gasteiger charge is 2.22. The molecule has 0 unspecified atom stereocenters. The van der Waals surface area contributed by atoms with E-state index in [2.05, 4.69) is 52.3 Å². The Bertz CT molecular complexity index is 1040. The first-order valence-electron chi connectivity index (χ1n) is 9.45. The number of fused-ring (bicyclic) bond motifs is 1. The number of carbonyl (C=O) groups is 1. The molecule has 0 fully saturated rings. The van der Waals surface area contributed by atoms with E-state index in [4.69, 9.17) is 4.84 Å². The van der Waals surface area contributed by atoms with Crippen molar-refractivity contribution in [1.29, 1.82) is 0 Å². The third-order valence-corrected chi connectivity index (χ3v) is 4.51. The molecule has 3 heterocycles. The lowest BCUT2D eigenvalue weighted by molar-refractivity contribution is 0.0646. The van der Waals surface area contributed by atoms with E-state index >= 15 is 0 Å². The number of amides is 2. The van der Waals surface area contributed by atoms with E-state index in [1.807, 2.05) is 6.07 Å². The molecule has 0 saturated heterocycles. The molecule has 10 heteroatoms. The number of carbonyl (C=O) groups excluding carboxylic acids is 1. The van der Waals surface area contributed by atoms with Crippen LogP contribution in [0.25, 0.3) is 0 Å². The second-order valence-corrected chi connectivity index (χ2v) is 7.92. The molecule has 4 N–H and O–H groups in total. The van der Waals surface area contributed by atoms with Crippen molar-refractivity contribution in [3.8, 4) is 5.75 Å². The van der Waals surface area contributed by atoms with Gasteiger partial charge in [0.1, 0.15) is 23.6 Å². The molecule has 0 radical (unpaired) electrons. The molecule has 0 aliphatic carbocycles. The lowest BCUT2D eigenvalue weighted by atomic mass is 9.92. The summed E-state index contributed by atoms with van der Waals surface area (Å²) in [5.41, 5.74) is 8.94. The van der Waals surface area contributed by atoms with Crippen LogP contribution >= 0.6 is 0 Å². The highest BCUT2D eigenvalue weighted by Crippen LogP contribution is 2.24. The van der Waals surface area contributed by atoms with Gasteiger partial charge in [-0.15, -0.1) is 0 Å². The van der Waals surface area contributed by atoms with Gasteiger partial charge in [0.15, 0.2) is 5.75 Å². The zero-order valence-corrected chi connectivity index (χ0v) is 17.2. The Morgan fingerprint density at radius 2 is 1.93 bits per heavy atom. The molecule has 2 amide bonds. The van der Waals surface area contributed by atoms with Crippen LogP contribution in [0.4, 0.5) is 16.3 Å². The van der Waals surface area contributed by atoms with Crippen molar-refractivity contribution >= 4 is 23.9 Å².